The summed E-state index contributed by atoms with van der Waals surface area (Å²) in [6.45, 7) is 5.35. The smallest absolute Gasteiger partial charge is 0.134 e. The van der Waals surface area contributed by atoms with Crippen LogP contribution in [0.4, 0.5) is 5.82 Å². The van der Waals surface area contributed by atoms with E-state index in [0.29, 0.717) is 5.15 Å². The predicted octanol–water partition coefficient (Wildman–Crippen LogP) is 2.53. The summed E-state index contributed by atoms with van der Waals surface area (Å²) in [6.07, 6.45) is 1.49. The van der Waals surface area contributed by atoms with Gasteiger partial charge in [-0.3, -0.25) is 4.90 Å². The molecular formula is C17H22ClN5. The number of piperazine rings is 1. The molecule has 0 spiro atoms. The molecule has 0 aliphatic carbocycles. The zero-order valence-corrected chi connectivity index (χ0v) is 14.1. The summed E-state index contributed by atoms with van der Waals surface area (Å²) in [6, 6.07) is 12.4. The van der Waals surface area contributed by atoms with E-state index < -0.39 is 0 Å². The summed E-state index contributed by atoms with van der Waals surface area (Å²) in [5, 5.41) is 3.96. The summed E-state index contributed by atoms with van der Waals surface area (Å²) < 4.78 is 0. The maximum Gasteiger partial charge on any atom is 0.134 e. The van der Waals surface area contributed by atoms with Crippen LogP contribution in [0.15, 0.2) is 42.7 Å². The van der Waals surface area contributed by atoms with Crippen LogP contribution in [0.1, 0.15) is 11.6 Å². The Bertz CT molecular complexity index is 613. The fourth-order valence-corrected chi connectivity index (χ4v) is 2.95. The SMILES string of the molecule is CN1CCN(CC(Nc2cc(Cl)ncn2)c2ccccc2)CC1. The van der Waals surface area contributed by atoms with Crippen molar-refractivity contribution in [3.8, 4) is 0 Å². The molecule has 1 aromatic carbocycles. The third-order valence-electron chi connectivity index (χ3n) is 4.19. The van der Waals surface area contributed by atoms with Gasteiger partial charge in [0.1, 0.15) is 17.3 Å². The summed E-state index contributed by atoms with van der Waals surface area (Å²) in [5.41, 5.74) is 1.25. The molecule has 1 aliphatic heterocycles. The molecule has 1 aliphatic rings. The Kier molecular flexibility index (Phi) is 5.43. The first-order chi connectivity index (χ1) is 11.2. The van der Waals surface area contributed by atoms with Crippen LogP contribution in [0, 0.1) is 0 Å². The van der Waals surface area contributed by atoms with E-state index in [1.165, 1.54) is 11.9 Å². The van der Waals surface area contributed by atoms with Crippen LogP contribution in [-0.2, 0) is 0 Å². The fourth-order valence-electron chi connectivity index (χ4n) is 2.80. The minimum Gasteiger partial charge on any atom is -0.362 e. The highest BCUT2D eigenvalue weighted by atomic mass is 35.5. The van der Waals surface area contributed by atoms with Gasteiger partial charge in [0.05, 0.1) is 6.04 Å². The van der Waals surface area contributed by atoms with Gasteiger partial charge in [-0.25, -0.2) is 9.97 Å². The molecule has 3 rings (SSSR count). The molecule has 2 heterocycles. The average Bonchev–Trinajstić information content (AvgIpc) is 2.57. The van der Waals surface area contributed by atoms with Gasteiger partial charge in [-0.05, 0) is 12.6 Å². The van der Waals surface area contributed by atoms with Crippen molar-refractivity contribution in [2.45, 2.75) is 6.04 Å². The van der Waals surface area contributed by atoms with Gasteiger partial charge in [-0.1, -0.05) is 41.9 Å². The van der Waals surface area contributed by atoms with E-state index in [-0.39, 0.29) is 6.04 Å². The Balaban J connectivity index is 1.74. The summed E-state index contributed by atoms with van der Waals surface area (Å²) in [7, 11) is 2.17. The van der Waals surface area contributed by atoms with Gasteiger partial charge < -0.3 is 10.2 Å². The molecular weight excluding hydrogens is 310 g/mol. The van der Waals surface area contributed by atoms with Crippen molar-refractivity contribution in [2.24, 2.45) is 0 Å². The van der Waals surface area contributed by atoms with Crippen molar-refractivity contribution in [3.63, 3.8) is 0 Å². The zero-order chi connectivity index (χ0) is 16.1. The van der Waals surface area contributed by atoms with Gasteiger partial charge in [0, 0.05) is 38.8 Å². The Morgan fingerprint density at radius 2 is 1.87 bits per heavy atom. The average molecular weight is 332 g/mol. The number of hydrogen-bond donors (Lipinski definition) is 1. The van der Waals surface area contributed by atoms with Gasteiger partial charge in [0.15, 0.2) is 0 Å². The number of nitrogens with one attached hydrogen (secondary N) is 1. The summed E-state index contributed by atoms with van der Waals surface area (Å²) >= 11 is 5.98. The number of aromatic nitrogens is 2. The molecule has 122 valence electrons. The topological polar surface area (TPSA) is 44.3 Å². The lowest BCUT2D eigenvalue weighted by molar-refractivity contribution is 0.149. The van der Waals surface area contributed by atoms with Crippen LogP contribution in [-0.4, -0.2) is 59.5 Å². The number of rotatable bonds is 5. The van der Waals surface area contributed by atoms with Gasteiger partial charge in [0.25, 0.3) is 0 Å². The molecule has 6 heteroatoms. The lowest BCUT2D eigenvalue weighted by Gasteiger charge is -2.35. The Morgan fingerprint density at radius 1 is 1.13 bits per heavy atom. The highest BCUT2D eigenvalue weighted by Gasteiger charge is 2.20. The van der Waals surface area contributed by atoms with Crippen LogP contribution in [0.3, 0.4) is 0 Å². The maximum absolute atomic E-state index is 5.98. The predicted molar refractivity (Wildman–Crippen MR) is 93.8 cm³/mol. The first kappa shape index (κ1) is 16.2. The number of hydrogen-bond acceptors (Lipinski definition) is 5. The van der Waals surface area contributed by atoms with Crippen LogP contribution >= 0.6 is 11.6 Å². The van der Waals surface area contributed by atoms with Crippen molar-refractivity contribution in [2.75, 3.05) is 45.1 Å². The lowest BCUT2D eigenvalue weighted by atomic mass is 10.1. The highest BCUT2D eigenvalue weighted by Crippen LogP contribution is 2.21. The van der Waals surface area contributed by atoms with Crippen LogP contribution < -0.4 is 5.32 Å². The monoisotopic (exact) mass is 331 g/mol. The summed E-state index contributed by atoms with van der Waals surface area (Å²) in [5.74, 6) is 0.757. The standard InChI is InChI=1S/C17H22ClN5/c1-22-7-9-23(10-8-22)12-15(14-5-3-2-4-6-14)21-17-11-16(18)19-13-20-17/h2-6,11,13,15H,7-10,12H2,1H3,(H,19,20,21). The van der Waals surface area contributed by atoms with E-state index in [0.717, 1.165) is 38.5 Å². The first-order valence-electron chi connectivity index (χ1n) is 7.90. The molecule has 0 radical (unpaired) electrons. The van der Waals surface area contributed by atoms with E-state index in [1.807, 2.05) is 6.07 Å². The molecule has 5 nitrogen and oxygen atoms in total. The number of likely N-dealkylation sites (N-methyl/N-ethyl adjacent to an activating group) is 1. The maximum atomic E-state index is 5.98. The Labute approximate surface area is 142 Å². The van der Waals surface area contributed by atoms with Crippen molar-refractivity contribution in [1.82, 2.24) is 19.8 Å². The second-order valence-electron chi connectivity index (χ2n) is 5.94. The Hall–Kier alpha value is -1.69. The normalized spacial score (nSPS) is 17.8. The minimum atomic E-state index is 0.172. The molecule has 0 bridgehead atoms. The number of anilines is 1. The van der Waals surface area contributed by atoms with E-state index in [2.05, 4.69) is 56.4 Å². The minimum absolute atomic E-state index is 0.172. The molecule has 0 amide bonds. The van der Waals surface area contributed by atoms with E-state index in [4.69, 9.17) is 11.6 Å². The van der Waals surface area contributed by atoms with E-state index in [1.54, 1.807) is 6.07 Å². The molecule has 0 saturated carbocycles. The van der Waals surface area contributed by atoms with Gasteiger partial charge in [0.2, 0.25) is 0 Å². The molecule has 1 aromatic heterocycles. The number of nitrogens with zero attached hydrogens (tertiary/aromatic N) is 4. The lowest BCUT2D eigenvalue weighted by Crippen LogP contribution is -2.46. The fraction of sp³-hybridized carbons (Fsp3) is 0.412. The highest BCUT2D eigenvalue weighted by molar-refractivity contribution is 6.29. The van der Waals surface area contributed by atoms with Crippen molar-refractivity contribution >= 4 is 17.4 Å². The van der Waals surface area contributed by atoms with E-state index >= 15 is 0 Å². The zero-order valence-electron chi connectivity index (χ0n) is 13.3. The quantitative estimate of drug-likeness (QED) is 0.853. The van der Waals surface area contributed by atoms with Crippen LogP contribution in [0.2, 0.25) is 5.15 Å². The molecule has 23 heavy (non-hydrogen) atoms. The van der Waals surface area contributed by atoms with Crippen molar-refractivity contribution in [1.29, 1.82) is 0 Å². The molecule has 1 N–H and O–H groups in total. The number of benzene rings is 1. The summed E-state index contributed by atoms with van der Waals surface area (Å²) in [4.78, 5) is 13.1. The molecule has 1 unspecified atom stereocenters. The third kappa shape index (κ3) is 4.64. The van der Waals surface area contributed by atoms with Crippen molar-refractivity contribution in [3.05, 3.63) is 53.4 Å². The Morgan fingerprint density at radius 3 is 2.57 bits per heavy atom. The number of halogens is 1. The molecule has 1 saturated heterocycles. The van der Waals surface area contributed by atoms with Gasteiger partial charge >= 0.3 is 0 Å². The first-order valence-corrected chi connectivity index (χ1v) is 8.28. The second kappa shape index (κ2) is 7.73. The third-order valence-corrected chi connectivity index (χ3v) is 4.40. The molecule has 1 atom stereocenters. The van der Waals surface area contributed by atoms with E-state index in [9.17, 15) is 0 Å². The largest absolute Gasteiger partial charge is 0.362 e. The van der Waals surface area contributed by atoms with Crippen LogP contribution in [0.25, 0.3) is 0 Å². The van der Waals surface area contributed by atoms with Gasteiger partial charge in [-0.15, -0.1) is 0 Å². The van der Waals surface area contributed by atoms with Crippen molar-refractivity contribution < 1.29 is 0 Å². The van der Waals surface area contributed by atoms with Gasteiger partial charge in [-0.2, -0.15) is 0 Å². The molecule has 1 fully saturated rings. The molecule has 2 aromatic rings. The van der Waals surface area contributed by atoms with Crippen LogP contribution in [0.5, 0.6) is 0 Å². The second-order valence-corrected chi connectivity index (χ2v) is 6.32.